The van der Waals surface area contributed by atoms with Crippen LogP contribution in [-0.2, 0) is 0 Å². The van der Waals surface area contributed by atoms with Gasteiger partial charge < -0.3 is 10.4 Å². The van der Waals surface area contributed by atoms with Gasteiger partial charge in [0.15, 0.2) is 5.78 Å². The minimum atomic E-state index is -0.687. The number of halogens is 1. The maximum Gasteiger partial charge on any atom is 0.183 e. The number of hydrogen-bond acceptors (Lipinski definition) is 3. The van der Waals surface area contributed by atoms with Gasteiger partial charge in [-0.25, -0.2) is 4.39 Å². The second kappa shape index (κ2) is 4.19. The van der Waals surface area contributed by atoms with Crippen molar-refractivity contribution in [2.24, 2.45) is 0 Å². The zero-order valence-corrected chi connectivity index (χ0v) is 8.10. The Bertz CT molecular complexity index is 363. The quantitative estimate of drug-likeness (QED) is 0.717. The van der Waals surface area contributed by atoms with Gasteiger partial charge in [-0.3, -0.25) is 4.79 Å². The molecular weight excluding hydrogens is 185 g/mol. The van der Waals surface area contributed by atoms with E-state index in [4.69, 9.17) is 0 Å². The van der Waals surface area contributed by atoms with E-state index in [1.807, 2.05) is 0 Å². The van der Waals surface area contributed by atoms with Gasteiger partial charge in [0, 0.05) is 0 Å². The van der Waals surface area contributed by atoms with Gasteiger partial charge >= 0.3 is 0 Å². The van der Waals surface area contributed by atoms with Gasteiger partial charge in [-0.1, -0.05) is 6.07 Å². The van der Waals surface area contributed by atoms with Crippen LogP contribution in [0.5, 0.6) is 5.75 Å². The smallest absolute Gasteiger partial charge is 0.183 e. The number of aryl methyl sites for hydroxylation is 1. The van der Waals surface area contributed by atoms with Crippen LogP contribution in [0.15, 0.2) is 12.1 Å². The summed E-state index contributed by atoms with van der Waals surface area (Å²) >= 11 is 0. The molecule has 0 radical (unpaired) electrons. The van der Waals surface area contributed by atoms with Crippen LogP contribution in [0.3, 0.4) is 0 Å². The molecule has 0 saturated heterocycles. The number of phenols is 1. The number of aromatic hydroxyl groups is 1. The number of nitrogens with one attached hydrogen (secondary N) is 1. The molecule has 1 aromatic carbocycles. The third-order valence-electron chi connectivity index (χ3n) is 1.94. The van der Waals surface area contributed by atoms with Crippen molar-refractivity contribution in [1.29, 1.82) is 0 Å². The van der Waals surface area contributed by atoms with Crippen LogP contribution in [0.25, 0.3) is 0 Å². The summed E-state index contributed by atoms with van der Waals surface area (Å²) < 4.78 is 13.2. The molecule has 0 unspecified atom stereocenters. The molecule has 0 saturated carbocycles. The van der Waals surface area contributed by atoms with Gasteiger partial charge in [-0.2, -0.15) is 0 Å². The summed E-state index contributed by atoms with van der Waals surface area (Å²) in [6, 6.07) is 2.61. The van der Waals surface area contributed by atoms with E-state index in [9.17, 15) is 14.3 Å². The average molecular weight is 197 g/mol. The van der Waals surface area contributed by atoms with Crippen LogP contribution in [0.4, 0.5) is 4.39 Å². The number of rotatable bonds is 3. The van der Waals surface area contributed by atoms with Crippen molar-refractivity contribution in [1.82, 2.24) is 5.32 Å². The topological polar surface area (TPSA) is 49.3 Å². The highest BCUT2D eigenvalue weighted by molar-refractivity contribution is 6.00. The number of hydrogen-bond donors (Lipinski definition) is 2. The van der Waals surface area contributed by atoms with Crippen LogP contribution in [-0.4, -0.2) is 24.5 Å². The Kier molecular flexibility index (Phi) is 3.19. The Hall–Kier alpha value is -1.42. The maximum atomic E-state index is 13.2. The molecule has 0 aliphatic heterocycles. The first-order chi connectivity index (χ1) is 6.57. The van der Waals surface area contributed by atoms with Gasteiger partial charge in [-0.05, 0) is 25.6 Å². The molecule has 4 heteroatoms. The number of benzene rings is 1. The lowest BCUT2D eigenvalue weighted by atomic mass is 10.1. The molecule has 0 aliphatic rings. The number of phenolic OH excluding ortho intramolecular Hbond substituents is 1. The molecule has 3 nitrogen and oxygen atoms in total. The summed E-state index contributed by atoms with van der Waals surface area (Å²) in [4.78, 5) is 11.4. The first kappa shape index (κ1) is 10.7. The highest BCUT2D eigenvalue weighted by Crippen LogP contribution is 2.24. The molecular formula is C10H12FNO2. The summed E-state index contributed by atoms with van der Waals surface area (Å²) in [7, 11) is 1.59. The van der Waals surface area contributed by atoms with Crippen molar-refractivity contribution < 1.29 is 14.3 Å². The van der Waals surface area contributed by atoms with E-state index in [1.165, 1.54) is 12.1 Å². The fraction of sp³-hybridized carbons (Fsp3) is 0.300. The van der Waals surface area contributed by atoms with E-state index in [0.29, 0.717) is 5.56 Å². The predicted molar refractivity (Wildman–Crippen MR) is 51.1 cm³/mol. The van der Waals surface area contributed by atoms with Crippen molar-refractivity contribution in [3.8, 4) is 5.75 Å². The van der Waals surface area contributed by atoms with Gasteiger partial charge in [-0.15, -0.1) is 0 Å². The third-order valence-corrected chi connectivity index (χ3v) is 1.94. The monoisotopic (exact) mass is 197 g/mol. The summed E-state index contributed by atoms with van der Waals surface area (Å²) in [5.41, 5.74) is 0.255. The second-order valence-electron chi connectivity index (χ2n) is 3.04. The molecule has 0 spiro atoms. The highest BCUT2D eigenvalue weighted by Gasteiger charge is 2.17. The fourth-order valence-corrected chi connectivity index (χ4v) is 1.18. The Balaban J connectivity index is 3.18. The van der Waals surface area contributed by atoms with Crippen molar-refractivity contribution in [2.45, 2.75) is 6.92 Å². The van der Waals surface area contributed by atoms with Crippen molar-refractivity contribution in [3.05, 3.63) is 29.1 Å². The van der Waals surface area contributed by atoms with Crippen LogP contribution in [0.1, 0.15) is 15.9 Å². The van der Waals surface area contributed by atoms with Gasteiger partial charge in [0.1, 0.15) is 11.6 Å². The Morgan fingerprint density at radius 3 is 2.79 bits per heavy atom. The number of Topliss-reactive ketones (excluding diaryl/α,β-unsaturated/α-hetero) is 1. The fourth-order valence-electron chi connectivity index (χ4n) is 1.18. The summed E-state index contributed by atoms with van der Waals surface area (Å²) in [5.74, 6) is -1.41. The van der Waals surface area contributed by atoms with E-state index in [0.717, 1.165) is 0 Å². The normalized spacial score (nSPS) is 10.2. The third kappa shape index (κ3) is 1.90. The van der Waals surface area contributed by atoms with Crippen LogP contribution in [0, 0.1) is 12.7 Å². The van der Waals surface area contributed by atoms with E-state index in [1.54, 1.807) is 14.0 Å². The Morgan fingerprint density at radius 1 is 1.57 bits per heavy atom. The van der Waals surface area contributed by atoms with Gasteiger partial charge in [0.25, 0.3) is 0 Å². The molecule has 1 aromatic rings. The molecule has 0 fully saturated rings. The van der Waals surface area contributed by atoms with Crippen molar-refractivity contribution in [3.63, 3.8) is 0 Å². The van der Waals surface area contributed by atoms with E-state index < -0.39 is 11.6 Å². The van der Waals surface area contributed by atoms with Crippen molar-refractivity contribution in [2.75, 3.05) is 13.6 Å². The molecule has 0 atom stereocenters. The SMILES string of the molecule is CNCC(=O)c1c(F)ccc(C)c1O. The minimum absolute atomic E-state index is 0.00787. The Morgan fingerprint density at radius 2 is 2.21 bits per heavy atom. The Labute approximate surface area is 81.6 Å². The predicted octanol–water partition coefficient (Wildman–Crippen LogP) is 1.24. The standard InChI is InChI=1S/C10H12FNO2/c1-6-3-4-7(11)9(10(6)14)8(13)5-12-2/h3-4,12,14H,5H2,1-2H3. The number of carbonyl (C=O) groups excluding carboxylic acids is 1. The van der Waals surface area contributed by atoms with Crippen LogP contribution < -0.4 is 5.32 Å². The minimum Gasteiger partial charge on any atom is -0.507 e. The van der Waals surface area contributed by atoms with Gasteiger partial charge in [0.05, 0.1) is 12.1 Å². The van der Waals surface area contributed by atoms with E-state index in [-0.39, 0.29) is 17.9 Å². The van der Waals surface area contributed by atoms with Crippen LogP contribution >= 0.6 is 0 Å². The zero-order chi connectivity index (χ0) is 10.7. The van der Waals surface area contributed by atoms with Gasteiger partial charge in [0.2, 0.25) is 0 Å². The summed E-state index contributed by atoms with van der Waals surface area (Å²) in [6.07, 6.45) is 0. The molecule has 0 bridgehead atoms. The molecule has 14 heavy (non-hydrogen) atoms. The number of ketones is 1. The molecule has 0 amide bonds. The van der Waals surface area contributed by atoms with E-state index >= 15 is 0 Å². The number of carbonyl (C=O) groups is 1. The summed E-state index contributed by atoms with van der Waals surface area (Å²) in [5, 5.41) is 12.1. The lowest BCUT2D eigenvalue weighted by Gasteiger charge is -2.06. The largest absolute Gasteiger partial charge is 0.507 e. The molecule has 0 aromatic heterocycles. The number of likely N-dealkylation sites (N-methyl/N-ethyl adjacent to an activating group) is 1. The second-order valence-corrected chi connectivity index (χ2v) is 3.04. The first-order valence-electron chi connectivity index (χ1n) is 4.23. The van der Waals surface area contributed by atoms with E-state index in [2.05, 4.69) is 5.32 Å². The molecule has 1 rings (SSSR count). The summed E-state index contributed by atoms with van der Waals surface area (Å²) in [6.45, 7) is 1.62. The highest BCUT2D eigenvalue weighted by atomic mass is 19.1. The lowest BCUT2D eigenvalue weighted by molar-refractivity contribution is 0.0987. The molecule has 0 aliphatic carbocycles. The molecule has 2 N–H and O–H groups in total. The van der Waals surface area contributed by atoms with Crippen molar-refractivity contribution >= 4 is 5.78 Å². The lowest BCUT2D eigenvalue weighted by Crippen LogP contribution is -2.19. The maximum absolute atomic E-state index is 13.2. The first-order valence-corrected chi connectivity index (χ1v) is 4.23. The zero-order valence-electron chi connectivity index (χ0n) is 8.10. The molecule has 76 valence electrons. The average Bonchev–Trinajstić information content (AvgIpc) is 2.13. The van der Waals surface area contributed by atoms with Crippen LogP contribution in [0.2, 0.25) is 0 Å². The molecule has 0 heterocycles.